The highest BCUT2D eigenvalue weighted by molar-refractivity contribution is 6.30. The molecular weight excluding hydrogens is 341 g/mol. The fourth-order valence-electron chi connectivity index (χ4n) is 4.04. The summed E-state index contributed by atoms with van der Waals surface area (Å²) < 4.78 is 14.4. The molecule has 1 aliphatic carbocycles. The van der Waals surface area contributed by atoms with E-state index in [4.69, 9.17) is 11.6 Å². The second-order valence-electron chi connectivity index (χ2n) is 6.67. The number of pyridine rings is 2. The smallest absolute Gasteiger partial charge is 0.230 e. The highest BCUT2D eigenvalue weighted by Crippen LogP contribution is 2.39. The highest BCUT2D eigenvalue weighted by atomic mass is 35.5. The van der Waals surface area contributed by atoms with Crippen molar-refractivity contribution < 1.29 is 9.18 Å². The van der Waals surface area contributed by atoms with Crippen molar-refractivity contribution in [1.29, 1.82) is 0 Å². The van der Waals surface area contributed by atoms with Crippen LogP contribution in [-0.4, -0.2) is 27.3 Å². The minimum absolute atomic E-state index is 0.0523. The van der Waals surface area contributed by atoms with Crippen molar-refractivity contribution in [3.63, 3.8) is 0 Å². The Hall–Kier alpha value is -2.01. The van der Waals surface area contributed by atoms with Crippen molar-refractivity contribution in [3.8, 4) is 0 Å². The zero-order chi connectivity index (χ0) is 17.4. The van der Waals surface area contributed by atoms with Crippen LogP contribution in [0, 0.1) is 5.82 Å². The number of carbonyl (C=O) groups is 1. The topological polar surface area (TPSA) is 46.1 Å². The highest BCUT2D eigenvalue weighted by Gasteiger charge is 2.38. The SMILES string of the molecule is O=C(C1CCCc2ncccc21)N1CCCC1c1nccc(Cl)c1F. The lowest BCUT2D eigenvalue weighted by Crippen LogP contribution is -2.36. The summed E-state index contributed by atoms with van der Waals surface area (Å²) in [6.07, 6.45) is 7.50. The second kappa shape index (κ2) is 6.71. The van der Waals surface area contributed by atoms with E-state index in [1.807, 2.05) is 12.1 Å². The average Bonchev–Trinajstić information content (AvgIpc) is 3.12. The van der Waals surface area contributed by atoms with Gasteiger partial charge in [-0.05, 0) is 49.8 Å². The van der Waals surface area contributed by atoms with E-state index in [0.717, 1.165) is 36.9 Å². The number of nitrogens with zero attached hydrogens (tertiary/aromatic N) is 3. The van der Waals surface area contributed by atoms with Gasteiger partial charge in [0, 0.05) is 24.6 Å². The molecule has 0 N–H and O–H groups in total. The van der Waals surface area contributed by atoms with E-state index in [-0.39, 0.29) is 28.6 Å². The Morgan fingerprint density at radius 2 is 2.08 bits per heavy atom. The fraction of sp³-hybridized carbons (Fsp3) is 0.421. The summed E-state index contributed by atoms with van der Waals surface area (Å²) in [4.78, 5) is 23.6. The lowest BCUT2D eigenvalue weighted by Gasteiger charge is -2.31. The number of aryl methyl sites for hydroxylation is 1. The van der Waals surface area contributed by atoms with E-state index in [1.54, 1.807) is 11.1 Å². The predicted molar refractivity (Wildman–Crippen MR) is 92.8 cm³/mol. The first-order valence-corrected chi connectivity index (χ1v) is 9.09. The Bertz CT molecular complexity index is 813. The van der Waals surface area contributed by atoms with Crippen LogP contribution in [0.4, 0.5) is 4.39 Å². The molecule has 4 rings (SSSR count). The number of fused-ring (bicyclic) bond motifs is 1. The van der Waals surface area contributed by atoms with Gasteiger partial charge in [0.15, 0.2) is 5.82 Å². The summed E-state index contributed by atoms with van der Waals surface area (Å²) in [7, 11) is 0. The van der Waals surface area contributed by atoms with Gasteiger partial charge in [-0.3, -0.25) is 14.8 Å². The molecule has 3 heterocycles. The van der Waals surface area contributed by atoms with Crippen molar-refractivity contribution in [2.45, 2.75) is 44.1 Å². The molecule has 0 aromatic carbocycles. The summed E-state index contributed by atoms with van der Waals surface area (Å²) in [6.45, 7) is 0.628. The lowest BCUT2D eigenvalue weighted by molar-refractivity contribution is -0.134. The monoisotopic (exact) mass is 359 g/mol. The lowest BCUT2D eigenvalue weighted by atomic mass is 9.84. The van der Waals surface area contributed by atoms with Gasteiger partial charge >= 0.3 is 0 Å². The van der Waals surface area contributed by atoms with Gasteiger partial charge in [-0.2, -0.15) is 0 Å². The standard InChI is InChI=1S/C19H19ClFN3O/c20-14-8-10-23-18(17(14)21)16-7-3-11-24(16)19(25)13-4-1-6-15-12(13)5-2-9-22-15/h2,5,8-10,13,16H,1,3-4,6-7,11H2. The number of likely N-dealkylation sites (tertiary alicyclic amines) is 1. The Morgan fingerprint density at radius 1 is 1.20 bits per heavy atom. The van der Waals surface area contributed by atoms with Crippen LogP contribution in [0.1, 0.15) is 54.6 Å². The van der Waals surface area contributed by atoms with Gasteiger partial charge in [0.1, 0.15) is 5.69 Å². The van der Waals surface area contributed by atoms with E-state index < -0.39 is 5.82 Å². The van der Waals surface area contributed by atoms with Crippen LogP contribution in [0.2, 0.25) is 5.02 Å². The van der Waals surface area contributed by atoms with Gasteiger partial charge in [0.2, 0.25) is 5.91 Å². The maximum atomic E-state index is 14.4. The molecule has 2 atom stereocenters. The third-order valence-electron chi connectivity index (χ3n) is 5.23. The summed E-state index contributed by atoms with van der Waals surface area (Å²) >= 11 is 5.91. The molecule has 0 bridgehead atoms. The Balaban J connectivity index is 1.65. The number of carbonyl (C=O) groups excluding carboxylic acids is 1. The van der Waals surface area contributed by atoms with Crippen LogP contribution < -0.4 is 0 Å². The van der Waals surface area contributed by atoms with E-state index in [0.29, 0.717) is 13.0 Å². The molecular formula is C19H19ClFN3O. The van der Waals surface area contributed by atoms with Crippen LogP contribution in [0.15, 0.2) is 30.6 Å². The van der Waals surface area contributed by atoms with Crippen molar-refractivity contribution in [2.24, 2.45) is 0 Å². The van der Waals surface area contributed by atoms with E-state index in [2.05, 4.69) is 9.97 Å². The quantitative estimate of drug-likeness (QED) is 0.812. The number of amides is 1. The Labute approximate surface area is 151 Å². The van der Waals surface area contributed by atoms with E-state index in [1.165, 1.54) is 12.3 Å². The van der Waals surface area contributed by atoms with Crippen LogP contribution in [0.25, 0.3) is 0 Å². The van der Waals surface area contributed by atoms with Crippen LogP contribution in [0.5, 0.6) is 0 Å². The average molecular weight is 360 g/mol. The molecule has 4 nitrogen and oxygen atoms in total. The van der Waals surface area contributed by atoms with Gasteiger partial charge in [-0.1, -0.05) is 17.7 Å². The largest absolute Gasteiger partial charge is 0.333 e. The maximum absolute atomic E-state index is 14.4. The first kappa shape index (κ1) is 16.5. The molecule has 1 saturated heterocycles. The Kier molecular flexibility index (Phi) is 4.42. The Morgan fingerprint density at radius 3 is 2.96 bits per heavy atom. The first-order chi connectivity index (χ1) is 12.2. The van der Waals surface area contributed by atoms with Crippen molar-refractivity contribution in [2.75, 3.05) is 6.54 Å². The molecule has 2 aromatic heterocycles. The van der Waals surface area contributed by atoms with Gasteiger partial charge < -0.3 is 4.90 Å². The second-order valence-corrected chi connectivity index (χ2v) is 7.07. The van der Waals surface area contributed by atoms with Crippen molar-refractivity contribution in [1.82, 2.24) is 14.9 Å². The molecule has 1 fully saturated rings. The number of hydrogen-bond acceptors (Lipinski definition) is 3. The third-order valence-corrected chi connectivity index (χ3v) is 5.52. The summed E-state index contributed by atoms with van der Waals surface area (Å²) in [5, 5.41) is 0.0523. The minimum Gasteiger partial charge on any atom is -0.333 e. The molecule has 2 aliphatic rings. The van der Waals surface area contributed by atoms with Crippen LogP contribution >= 0.6 is 11.6 Å². The predicted octanol–water partition coefficient (Wildman–Crippen LogP) is 4.05. The molecule has 1 amide bonds. The van der Waals surface area contributed by atoms with Crippen molar-refractivity contribution >= 4 is 17.5 Å². The van der Waals surface area contributed by atoms with Gasteiger partial charge in [-0.25, -0.2) is 4.39 Å². The van der Waals surface area contributed by atoms with Gasteiger partial charge in [0.05, 0.1) is 17.0 Å². The number of aromatic nitrogens is 2. The molecule has 0 saturated carbocycles. The van der Waals surface area contributed by atoms with E-state index >= 15 is 0 Å². The normalized spacial score (nSPS) is 22.7. The molecule has 0 spiro atoms. The molecule has 6 heteroatoms. The number of halogens is 2. The molecule has 25 heavy (non-hydrogen) atoms. The summed E-state index contributed by atoms with van der Waals surface area (Å²) in [5.74, 6) is -0.655. The molecule has 2 unspecified atom stereocenters. The molecule has 2 aromatic rings. The number of rotatable bonds is 2. The van der Waals surface area contributed by atoms with Crippen LogP contribution in [-0.2, 0) is 11.2 Å². The summed E-state index contributed by atoms with van der Waals surface area (Å²) in [6, 6.07) is 4.97. The van der Waals surface area contributed by atoms with Crippen molar-refractivity contribution in [3.05, 3.63) is 58.4 Å². The third kappa shape index (κ3) is 2.91. The molecule has 1 aliphatic heterocycles. The van der Waals surface area contributed by atoms with Gasteiger partial charge in [0.25, 0.3) is 0 Å². The molecule has 0 radical (unpaired) electrons. The summed E-state index contributed by atoms with van der Waals surface area (Å²) in [5.41, 5.74) is 2.31. The number of hydrogen-bond donors (Lipinski definition) is 0. The fourth-order valence-corrected chi connectivity index (χ4v) is 4.20. The zero-order valence-corrected chi connectivity index (χ0v) is 14.5. The maximum Gasteiger partial charge on any atom is 0.230 e. The minimum atomic E-state index is -0.514. The zero-order valence-electron chi connectivity index (χ0n) is 13.8. The first-order valence-electron chi connectivity index (χ1n) is 8.71. The van der Waals surface area contributed by atoms with Crippen LogP contribution in [0.3, 0.4) is 0 Å². The molecule has 130 valence electrons. The van der Waals surface area contributed by atoms with E-state index in [9.17, 15) is 9.18 Å². The van der Waals surface area contributed by atoms with Gasteiger partial charge in [-0.15, -0.1) is 0 Å².